The number of aromatic nitrogens is 1. The molecule has 3 N–H and O–H groups in total. The molecule has 1 heterocycles. The molecule has 0 bridgehead atoms. The van der Waals surface area contributed by atoms with E-state index >= 15 is 0 Å². The second-order valence-corrected chi connectivity index (χ2v) is 4.87. The number of primary amides is 1. The number of hydrogen-bond donors (Lipinski definition) is 2. The fourth-order valence-corrected chi connectivity index (χ4v) is 2.20. The molecule has 4 heteroatoms. The fourth-order valence-electron chi connectivity index (χ4n) is 2.20. The van der Waals surface area contributed by atoms with Crippen LogP contribution in [0.15, 0.2) is 72.9 Å². The number of benzene rings is 2. The number of anilines is 2. The fraction of sp³-hybridized carbons (Fsp3) is 0. The van der Waals surface area contributed by atoms with Gasteiger partial charge in [0.25, 0.3) is 0 Å². The van der Waals surface area contributed by atoms with Gasteiger partial charge in [-0.05, 0) is 47.5 Å². The van der Waals surface area contributed by atoms with Gasteiger partial charge < -0.3 is 11.1 Å². The lowest BCUT2D eigenvalue weighted by atomic mass is 10.0. The molecule has 4 nitrogen and oxygen atoms in total. The van der Waals surface area contributed by atoms with Gasteiger partial charge in [-0.15, -0.1) is 0 Å². The standard InChI is InChI=1S/C18H15N3O/c19-18(22)15-6-4-5-13(11-15)14-9-10-20-17(12-14)21-16-7-2-1-3-8-16/h1-12H,(H2,19,22)(H,20,21). The molecule has 0 atom stereocenters. The van der Waals surface area contributed by atoms with Crippen molar-refractivity contribution in [2.75, 3.05) is 5.32 Å². The third-order valence-electron chi connectivity index (χ3n) is 3.29. The lowest BCUT2D eigenvalue weighted by Crippen LogP contribution is -2.10. The molecule has 1 amide bonds. The first-order valence-corrected chi connectivity index (χ1v) is 6.91. The Kier molecular flexibility index (Phi) is 3.83. The number of hydrogen-bond acceptors (Lipinski definition) is 3. The monoisotopic (exact) mass is 289 g/mol. The summed E-state index contributed by atoms with van der Waals surface area (Å²) < 4.78 is 0. The summed E-state index contributed by atoms with van der Waals surface area (Å²) in [6.45, 7) is 0. The van der Waals surface area contributed by atoms with Crippen LogP contribution in [0.1, 0.15) is 10.4 Å². The Labute approximate surface area is 128 Å². The normalized spacial score (nSPS) is 10.2. The average Bonchev–Trinajstić information content (AvgIpc) is 2.56. The van der Waals surface area contributed by atoms with Crippen LogP contribution in [0.3, 0.4) is 0 Å². The van der Waals surface area contributed by atoms with Crippen molar-refractivity contribution < 1.29 is 4.79 Å². The minimum absolute atomic E-state index is 0.432. The number of carbonyl (C=O) groups is 1. The molecule has 0 aliphatic heterocycles. The highest BCUT2D eigenvalue weighted by Crippen LogP contribution is 2.23. The second-order valence-electron chi connectivity index (χ2n) is 4.87. The maximum atomic E-state index is 11.3. The van der Waals surface area contributed by atoms with Crippen molar-refractivity contribution in [3.8, 4) is 11.1 Å². The summed E-state index contributed by atoms with van der Waals surface area (Å²) in [6.07, 6.45) is 1.73. The number of amides is 1. The van der Waals surface area contributed by atoms with E-state index in [1.807, 2.05) is 54.6 Å². The molecule has 0 aliphatic carbocycles. The second kappa shape index (κ2) is 6.10. The van der Waals surface area contributed by atoms with Crippen molar-refractivity contribution in [3.05, 3.63) is 78.5 Å². The SMILES string of the molecule is NC(=O)c1cccc(-c2ccnc(Nc3ccccc3)c2)c1. The van der Waals surface area contributed by atoms with E-state index in [2.05, 4.69) is 10.3 Å². The van der Waals surface area contributed by atoms with Crippen LogP contribution in [0, 0.1) is 0 Å². The van der Waals surface area contributed by atoms with Gasteiger partial charge in [0, 0.05) is 17.4 Å². The van der Waals surface area contributed by atoms with Crippen molar-refractivity contribution in [2.24, 2.45) is 5.73 Å². The van der Waals surface area contributed by atoms with Crippen LogP contribution >= 0.6 is 0 Å². The first kappa shape index (κ1) is 13.8. The third-order valence-corrected chi connectivity index (χ3v) is 3.29. The van der Waals surface area contributed by atoms with Crippen LogP contribution in [-0.2, 0) is 0 Å². The highest BCUT2D eigenvalue weighted by Gasteiger charge is 2.04. The van der Waals surface area contributed by atoms with Crippen molar-refractivity contribution in [1.82, 2.24) is 4.98 Å². The van der Waals surface area contributed by atoms with E-state index in [9.17, 15) is 4.79 Å². The Hall–Kier alpha value is -3.14. The maximum Gasteiger partial charge on any atom is 0.248 e. The predicted molar refractivity (Wildman–Crippen MR) is 87.9 cm³/mol. The average molecular weight is 289 g/mol. The zero-order valence-corrected chi connectivity index (χ0v) is 11.9. The lowest BCUT2D eigenvalue weighted by molar-refractivity contribution is 0.100. The molecule has 3 rings (SSSR count). The predicted octanol–water partition coefficient (Wildman–Crippen LogP) is 3.59. The molecule has 0 radical (unpaired) electrons. The van der Waals surface area contributed by atoms with Crippen LogP contribution < -0.4 is 11.1 Å². The van der Waals surface area contributed by atoms with Crippen molar-refractivity contribution in [3.63, 3.8) is 0 Å². The summed E-state index contributed by atoms with van der Waals surface area (Å²) in [6, 6.07) is 20.9. The Bertz CT molecular complexity index is 800. The van der Waals surface area contributed by atoms with Gasteiger partial charge in [0.1, 0.15) is 5.82 Å². The molecule has 3 aromatic rings. The molecule has 1 aromatic heterocycles. The van der Waals surface area contributed by atoms with Crippen molar-refractivity contribution in [2.45, 2.75) is 0 Å². The maximum absolute atomic E-state index is 11.3. The molecule has 0 fully saturated rings. The number of nitrogens with zero attached hydrogens (tertiary/aromatic N) is 1. The largest absolute Gasteiger partial charge is 0.366 e. The minimum Gasteiger partial charge on any atom is -0.366 e. The van der Waals surface area contributed by atoms with Crippen LogP contribution in [0.25, 0.3) is 11.1 Å². The molecule has 0 spiro atoms. The van der Waals surface area contributed by atoms with E-state index in [0.717, 1.165) is 22.6 Å². The van der Waals surface area contributed by atoms with E-state index < -0.39 is 5.91 Å². The van der Waals surface area contributed by atoms with Crippen LogP contribution in [0.4, 0.5) is 11.5 Å². The Morgan fingerprint density at radius 3 is 2.45 bits per heavy atom. The number of rotatable bonds is 4. The summed E-state index contributed by atoms with van der Waals surface area (Å²) in [4.78, 5) is 15.6. The van der Waals surface area contributed by atoms with Gasteiger partial charge in [-0.2, -0.15) is 0 Å². The van der Waals surface area contributed by atoms with E-state index in [0.29, 0.717) is 5.56 Å². The third kappa shape index (κ3) is 3.12. The summed E-state index contributed by atoms with van der Waals surface area (Å²) in [5.74, 6) is 0.312. The van der Waals surface area contributed by atoms with Gasteiger partial charge in [0.2, 0.25) is 5.91 Å². The van der Waals surface area contributed by atoms with Gasteiger partial charge in [0.05, 0.1) is 0 Å². The van der Waals surface area contributed by atoms with Crippen LogP contribution in [-0.4, -0.2) is 10.9 Å². The number of nitrogens with one attached hydrogen (secondary N) is 1. The Morgan fingerprint density at radius 1 is 0.909 bits per heavy atom. The quantitative estimate of drug-likeness (QED) is 0.771. The van der Waals surface area contributed by atoms with E-state index in [-0.39, 0.29) is 0 Å². The highest BCUT2D eigenvalue weighted by atomic mass is 16.1. The van der Waals surface area contributed by atoms with Gasteiger partial charge in [-0.3, -0.25) is 4.79 Å². The van der Waals surface area contributed by atoms with Gasteiger partial charge in [-0.1, -0.05) is 30.3 Å². The van der Waals surface area contributed by atoms with Gasteiger partial charge in [-0.25, -0.2) is 4.98 Å². The highest BCUT2D eigenvalue weighted by molar-refractivity contribution is 5.94. The summed E-state index contributed by atoms with van der Waals surface area (Å²) in [7, 11) is 0. The Morgan fingerprint density at radius 2 is 1.68 bits per heavy atom. The molecular formula is C18H15N3O. The molecule has 0 unspecified atom stereocenters. The minimum atomic E-state index is -0.432. The number of carbonyl (C=O) groups excluding carboxylic acids is 1. The lowest BCUT2D eigenvalue weighted by Gasteiger charge is -2.08. The smallest absolute Gasteiger partial charge is 0.248 e. The summed E-state index contributed by atoms with van der Waals surface area (Å²) in [5, 5.41) is 3.25. The van der Waals surface area contributed by atoms with Crippen molar-refractivity contribution in [1.29, 1.82) is 0 Å². The van der Waals surface area contributed by atoms with Crippen LogP contribution in [0.5, 0.6) is 0 Å². The summed E-state index contributed by atoms with van der Waals surface area (Å²) in [5.41, 5.74) is 8.69. The first-order chi connectivity index (χ1) is 10.7. The van der Waals surface area contributed by atoms with Crippen molar-refractivity contribution >= 4 is 17.4 Å². The van der Waals surface area contributed by atoms with Crippen LogP contribution in [0.2, 0.25) is 0 Å². The molecule has 2 aromatic carbocycles. The first-order valence-electron chi connectivity index (χ1n) is 6.91. The van der Waals surface area contributed by atoms with Gasteiger partial charge in [0.15, 0.2) is 0 Å². The van der Waals surface area contributed by atoms with E-state index in [1.54, 1.807) is 18.3 Å². The number of nitrogens with two attached hydrogens (primary N) is 1. The topological polar surface area (TPSA) is 68.0 Å². The zero-order chi connectivity index (χ0) is 15.4. The molecule has 0 saturated carbocycles. The molecular weight excluding hydrogens is 274 g/mol. The molecule has 108 valence electrons. The number of pyridine rings is 1. The molecule has 0 aliphatic rings. The zero-order valence-electron chi connectivity index (χ0n) is 11.9. The van der Waals surface area contributed by atoms with E-state index in [1.165, 1.54) is 0 Å². The Balaban J connectivity index is 1.91. The molecule has 0 saturated heterocycles. The molecule has 22 heavy (non-hydrogen) atoms. The van der Waals surface area contributed by atoms with E-state index in [4.69, 9.17) is 5.73 Å². The summed E-state index contributed by atoms with van der Waals surface area (Å²) >= 11 is 0. The van der Waals surface area contributed by atoms with Gasteiger partial charge >= 0.3 is 0 Å². The number of para-hydroxylation sites is 1.